The number of hydrogen-bond donors (Lipinski definition) is 0. The van der Waals surface area contributed by atoms with Gasteiger partial charge in [-0.2, -0.15) is 0 Å². The van der Waals surface area contributed by atoms with Crippen LogP contribution in [0.1, 0.15) is 43.2 Å². The molecule has 7 aromatic carbocycles. The van der Waals surface area contributed by atoms with E-state index in [4.69, 9.17) is 9.97 Å². The molecule has 3 heteroatoms. The predicted molar refractivity (Wildman–Crippen MR) is 233 cm³/mol. The van der Waals surface area contributed by atoms with Crippen molar-refractivity contribution in [3.63, 3.8) is 0 Å². The van der Waals surface area contributed by atoms with E-state index >= 15 is 0 Å². The standard InChI is InChI=1S/C54H41N3/c1-3-12-36(13-4-1)46-32-47(37-14-5-2-6-15-37)56-53(55-46)38-19-22-41(23-20-38)57-48-25-21-35-11-7-8-16-42(35)50(48)51-49(57)26-24-44-43-17-9-10-18-45(43)54(52(44)51)39-28-33-27-34(30-39)31-40(54)29-33/h1-26,32-34,39-40H,27-31H2. The Balaban J connectivity index is 1.04. The molecule has 0 aliphatic heterocycles. The van der Waals surface area contributed by atoms with Gasteiger partial charge in [-0.15, -0.1) is 0 Å². The lowest BCUT2D eigenvalue weighted by Crippen LogP contribution is -2.55. The van der Waals surface area contributed by atoms with Crippen LogP contribution < -0.4 is 0 Å². The third kappa shape index (κ3) is 4.43. The lowest BCUT2D eigenvalue weighted by Gasteiger charge is -2.61. The van der Waals surface area contributed by atoms with E-state index in [-0.39, 0.29) is 5.41 Å². The van der Waals surface area contributed by atoms with E-state index in [1.165, 1.54) is 75.8 Å². The van der Waals surface area contributed by atoms with Crippen LogP contribution >= 0.6 is 0 Å². The van der Waals surface area contributed by atoms with E-state index < -0.39 is 0 Å². The lowest BCUT2D eigenvalue weighted by molar-refractivity contribution is -0.0393. The molecule has 9 aromatic rings. The Labute approximate surface area is 332 Å². The van der Waals surface area contributed by atoms with E-state index in [1.807, 2.05) is 0 Å². The van der Waals surface area contributed by atoms with E-state index in [9.17, 15) is 0 Å². The molecule has 4 fully saturated rings. The molecule has 4 saturated carbocycles. The zero-order valence-corrected chi connectivity index (χ0v) is 31.8. The molecule has 5 aliphatic rings. The van der Waals surface area contributed by atoms with Gasteiger partial charge in [0, 0.05) is 38.6 Å². The van der Waals surface area contributed by atoms with E-state index in [1.54, 1.807) is 11.1 Å². The minimum absolute atomic E-state index is 0.0658. The summed E-state index contributed by atoms with van der Waals surface area (Å²) in [5.74, 6) is 3.92. The van der Waals surface area contributed by atoms with Crippen molar-refractivity contribution in [3.05, 3.63) is 175 Å². The van der Waals surface area contributed by atoms with Crippen LogP contribution in [-0.4, -0.2) is 14.5 Å². The van der Waals surface area contributed by atoms with Crippen LogP contribution in [0.3, 0.4) is 0 Å². The summed E-state index contributed by atoms with van der Waals surface area (Å²) in [6, 6.07) is 60.2. The second-order valence-corrected chi connectivity index (χ2v) is 17.4. The van der Waals surface area contributed by atoms with Crippen molar-refractivity contribution >= 4 is 32.6 Å². The first kappa shape index (κ1) is 31.8. The summed E-state index contributed by atoms with van der Waals surface area (Å²) in [6.45, 7) is 0. The van der Waals surface area contributed by atoms with Crippen LogP contribution in [0.2, 0.25) is 0 Å². The molecule has 0 saturated heterocycles. The first-order valence-electron chi connectivity index (χ1n) is 20.9. The van der Waals surface area contributed by atoms with Crippen LogP contribution in [0.15, 0.2) is 164 Å². The molecule has 0 atom stereocenters. The molecule has 0 radical (unpaired) electrons. The largest absolute Gasteiger partial charge is 0.309 e. The molecule has 0 unspecified atom stereocenters. The molecule has 1 spiro atoms. The highest BCUT2D eigenvalue weighted by Crippen LogP contribution is 2.70. The Morgan fingerprint density at radius 3 is 1.77 bits per heavy atom. The maximum absolute atomic E-state index is 5.15. The van der Waals surface area contributed by atoms with Gasteiger partial charge in [0.2, 0.25) is 0 Å². The Kier molecular flexibility index (Phi) is 6.62. The van der Waals surface area contributed by atoms with Gasteiger partial charge in [0.05, 0.1) is 22.4 Å². The van der Waals surface area contributed by atoms with Crippen molar-refractivity contribution in [3.8, 4) is 50.7 Å². The van der Waals surface area contributed by atoms with Crippen molar-refractivity contribution in [1.82, 2.24) is 14.5 Å². The molecule has 3 nitrogen and oxygen atoms in total. The monoisotopic (exact) mass is 731 g/mol. The van der Waals surface area contributed by atoms with Crippen molar-refractivity contribution in [2.45, 2.75) is 37.5 Å². The number of nitrogens with zero attached hydrogens (tertiary/aromatic N) is 3. The molecule has 2 aromatic heterocycles. The van der Waals surface area contributed by atoms with Gasteiger partial charge in [-0.25, -0.2) is 9.97 Å². The summed E-state index contributed by atoms with van der Waals surface area (Å²) in [7, 11) is 0. The quantitative estimate of drug-likeness (QED) is 0.180. The molecule has 0 N–H and O–H groups in total. The number of rotatable bonds is 4. The van der Waals surface area contributed by atoms with Gasteiger partial charge >= 0.3 is 0 Å². The maximum atomic E-state index is 5.15. The zero-order valence-electron chi connectivity index (χ0n) is 31.8. The number of aromatic nitrogens is 3. The summed E-state index contributed by atoms with van der Waals surface area (Å²) in [6.07, 6.45) is 6.95. The molecule has 272 valence electrons. The Morgan fingerprint density at radius 2 is 1.07 bits per heavy atom. The Bertz CT molecular complexity index is 2980. The van der Waals surface area contributed by atoms with Crippen molar-refractivity contribution in [1.29, 1.82) is 0 Å². The average Bonchev–Trinajstić information content (AvgIpc) is 3.77. The maximum Gasteiger partial charge on any atom is 0.160 e. The van der Waals surface area contributed by atoms with E-state index in [0.29, 0.717) is 11.8 Å². The third-order valence-electron chi connectivity index (χ3n) is 14.6. The van der Waals surface area contributed by atoms with Gasteiger partial charge < -0.3 is 4.57 Å². The topological polar surface area (TPSA) is 30.7 Å². The van der Waals surface area contributed by atoms with Gasteiger partial charge in [-0.1, -0.05) is 121 Å². The first-order chi connectivity index (χ1) is 28.2. The molecular weight excluding hydrogens is 691 g/mol. The summed E-state index contributed by atoms with van der Waals surface area (Å²) in [5, 5.41) is 5.52. The van der Waals surface area contributed by atoms with Crippen molar-refractivity contribution < 1.29 is 0 Å². The van der Waals surface area contributed by atoms with Gasteiger partial charge in [0.15, 0.2) is 5.82 Å². The van der Waals surface area contributed by atoms with Crippen molar-refractivity contribution in [2.75, 3.05) is 0 Å². The molecule has 5 aliphatic carbocycles. The third-order valence-corrected chi connectivity index (χ3v) is 14.6. The summed E-state index contributed by atoms with van der Waals surface area (Å²) in [4.78, 5) is 10.3. The average molecular weight is 732 g/mol. The number of fused-ring (bicyclic) bond motifs is 9. The molecule has 2 heterocycles. The Hall–Kier alpha value is -6.32. The zero-order chi connectivity index (χ0) is 37.2. The summed E-state index contributed by atoms with van der Waals surface area (Å²) >= 11 is 0. The summed E-state index contributed by atoms with van der Waals surface area (Å²) < 4.78 is 2.55. The fourth-order valence-corrected chi connectivity index (χ4v) is 12.6. The predicted octanol–water partition coefficient (Wildman–Crippen LogP) is 13.5. The van der Waals surface area contributed by atoms with Crippen LogP contribution in [-0.2, 0) is 5.41 Å². The fourth-order valence-electron chi connectivity index (χ4n) is 12.6. The number of hydrogen-bond acceptors (Lipinski definition) is 2. The van der Waals surface area contributed by atoms with Crippen LogP contribution in [0.5, 0.6) is 0 Å². The lowest BCUT2D eigenvalue weighted by atomic mass is 9.43. The Morgan fingerprint density at radius 1 is 0.474 bits per heavy atom. The molecule has 14 rings (SSSR count). The van der Waals surface area contributed by atoms with Crippen LogP contribution in [0.25, 0.3) is 83.3 Å². The molecular formula is C54H41N3. The van der Waals surface area contributed by atoms with Crippen molar-refractivity contribution in [2.24, 2.45) is 23.7 Å². The van der Waals surface area contributed by atoms with E-state index in [2.05, 4.69) is 168 Å². The normalized spacial score (nSPS) is 22.8. The van der Waals surface area contributed by atoms with Gasteiger partial charge in [0.1, 0.15) is 0 Å². The second kappa shape index (κ2) is 11.8. The van der Waals surface area contributed by atoms with Crippen LogP contribution in [0.4, 0.5) is 0 Å². The van der Waals surface area contributed by atoms with Gasteiger partial charge in [0.25, 0.3) is 0 Å². The highest BCUT2D eigenvalue weighted by atomic mass is 15.0. The minimum atomic E-state index is 0.0658. The summed E-state index contributed by atoms with van der Waals surface area (Å²) in [5.41, 5.74) is 15.0. The fraction of sp³-hybridized carbons (Fsp3) is 0.185. The molecule has 4 bridgehead atoms. The molecule has 57 heavy (non-hydrogen) atoms. The smallest absolute Gasteiger partial charge is 0.160 e. The van der Waals surface area contributed by atoms with Crippen LogP contribution in [0, 0.1) is 23.7 Å². The highest BCUT2D eigenvalue weighted by molar-refractivity contribution is 6.24. The highest BCUT2D eigenvalue weighted by Gasteiger charge is 2.62. The number of benzene rings is 7. The van der Waals surface area contributed by atoms with Gasteiger partial charge in [-0.3, -0.25) is 0 Å². The second-order valence-electron chi connectivity index (χ2n) is 17.4. The minimum Gasteiger partial charge on any atom is -0.309 e. The molecule has 0 amide bonds. The first-order valence-corrected chi connectivity index (χ1v) is 20.9. The van der Waals surface area contributed by atoms with E-state index in [0.717, 1.165) is 51.4 Å². The van der Waals surface area contributed by atoms with Gasteiger partial charge in [-0.05, 0) is 131 Å². The SMILES string of the molecule is c1ccc(-c2cc(-c3ccccc3)nc(-c3ccc(-n4c5ccc6c(c5c5c7ccccc7ccc54)C4(c5ccccc5-6)C5CC6CC(C5)CC4C6)cc3)n2)cc1.